The van der Waals surface area contributed by atoms with Crippen LogP contribution in [0.3, 0.4) is 0 Å². The molecule has 0 aromatic carbocycles. The second-order valence-electron chi connectivity index (χ2n) is 4.15. The number of hydrogen-bond acceptors (Lipinski definition) is 4. The topological polar surface area (TPSA) is 61.0 Å². The van der Waals surface area contributed by atoms with Crippen LogP contribution in [0.4, 0.5) is 5.95 Å². The lowest BCUT2D eigenvalue weighted by Gasteiger charge is -2.24. The van der Waals surface area contributed by atoms with Gasteiger partial charge in [-0.25, -0.2) is 4.98 Å². The highest BCUT2D eigenvalue weighted by atomic mass is 16.5. The fraction of sp³-hybridized carbons (Fsp3) is 0.636. The number of aryl methyl sites for hydroxylation is 1. The highest BCUT2D eigenvalue weighted by Crippen LogP contribution is 2.29. The van der Waals surface area contributed by atoms with Gasteiger partial charge in [-0.05, 0) is 19.3 Å². The zero-order chi connectivity index (χ0) is 10.7. The molecule has 1 heterocycles. The molecule has 0 unspecified atom stereocenters. The van der Waals surface area contributed by atoms with E-state index in [-0.39, 0.29) is 5.95 Å². The van der Waals surface area contributed by atoms with Gasteiger partial charge in [0, 0.05) is 11.8 Å². The SMILES string of the molecule is Cc1cnc(N)nc1OCCC1CCC1. The Morgan fingerprint density at radius 1 is 1.53 bits per heavy atom. The van der Waals surface area contributed by atoms with Gasteiger partial charge in [-0.1, -0.05) is 19.3 Å². The maximum atomic E-state index is 5.59. The van der Waals surface area contributed by atoms with E-state index < -0.39 is 0 Å². The Bertz CT molecular complexity index is 337. The van der Waals surface area contributed by atoms with E-state index in [0.717, 1.165) is 24.5 Å². The van der Waals surface area contributed by atoms with Gasteiger partial charge in [0.15, 0.2) is 0 Å². The van der Waals surface area contributed by atoms with Crippen molar-refractivity contribution in [2.75, 3.05) is 12.3 Å². The van der Waals surface area contributed by atoms with Crippen LogP contribution in [0.1, 0.15) is 31.2 Å². The Kier molecular flexibility index (Phi) is 3.04. The van der Waals surface area contributed by atoms with E-state index in [1.54, 1.807) is 6.20 Å². The molecule has 0 bridgehead atoms. The first-order valence-corrected chi connectivity index (χ1v) is 5.47. The Balaban J connectivity index is 1.83. The third kappa shape index (κ3) is 2.58. The molecule has 1 saturated carbocycles. The molecule has 0 saturated heterocycles. The van der Waals surface area contributed by atoms with Gasteiger partial charge < -0.3 is 10.5 Å². The van der Waals surface area contributed by atoms with Gasteiger partial charge >= 0.3 is 0 Å². The minimum Gasteiger partial charge on any atom is -0.477 e. The van der Waals surface area contributed by atoms with Crippen molar-refractivity contribution in [1.29, 1.82) is 0 Å². The third-order valence-electron chi connectivity index (χ3n) is 2.93. The number of nitrogen functional groups attached to an aromatic ring is 1. The average molecular weight is 207 g/mol. The monoisotopic (exact) mass is 207 g/mol. The third-order valence-corrected chi connectivity index (χ3v) is 2.93. The highest BCUT2D eigenvalue weighted by Gasteiger charge is 2.17. The molecular weight excluding hydrogens is 190 g/mol. The van der Waals surface area contributed by atoms with Crippen LogP contribution >= 0.6 is 0 Å². The molecule has 82 valence electrons. The fourth-order valence-corrected chi connectivity index (χ4v) is 1.69. The lowest BCUT2D eigenvalue weighted by molar-refractivity contribution is 0.216. The van der Waals surface area contributed by atoms with E-state index in [4.69, 9.17) is 10.5 Å². The number of anilines is 1. The van der Waals surface area contributed by atoms with Crippen molar-refractivity contribution in [2.24, 2.45) is 5.92 Å². The first-order valence-electron chi connectivity index (χ1n) is 5.47. The molecule has 0 spiro atoms. The van der Waals surface area contributed by atoms with Crippen LogP contribution in [0.2, 0.25) is 0 Å². The summed E-state index contributed by atoms with van der Waals surface area (Å²) in [6.07, 6.45) is 6.91. The van der Waals surface area contributed by atoms with Crippen molar-refractivity contribution < 1.29 is 4.74 Å². The van der Waals surface area contributed by atoms with Gasteiger partial charge in [0.05, 0.1) is 6.61 Å². The maximum absolute atomic E-state index is 5.59. The molecule has 1 fully saturated rings. The van der Waals surface area contributed by atoms with Gasteiger partial charge in [0.25, 0.3) is 0 Å². The van der Waals surface area contributed by atoms with E-state index in [0.29, 0.717) is 5.88 Å². The smallest absolute Gasteiger partial charge is 0.223 e. The van der Waals surface area contributed by atoms with E-state index in [9.17, 15) is 0 Å². The summed E-state index contributed by atoms with van der Waals surface area (Å²) in [4.78, 5) is 7.95. The van der Waals surface area contributed by atoms with E-state index >= 15 is 0 Å². The first-order chi connectivity index (χ1) is 7.25. The number of ether oxygens (including phenoxy) is 1. The van der Waals surface area contributed by atoms with E-state index in [2.05, 4.69) is 9.97 Å². The van der Waals surface area contributed by atoms with Gasteiger partial charge in [-0.2, -0.15) is 4.98 Å². The Morgan fingerprint density at radius 2 is 2.33 bits per heavy atom. The Labute approximate surface area is 89.9 Å². The number of nitrogens with zero attached hydrogens (tertiary/aromatic N) is 2. The van der Waals surface area contributed by atoms with Crippen molar-refractivity contribution in [3.63, 3.8) is 0 Å². The summed E-state index contributed by atoms with van der Waals surface area (Å²) in [6, 6.07) is 0. The largest absolute Gasteiger partial charge is 0.477 e. The molecule has 0 atom stereocenters. The van der Waals surface area contributed by atoms with Crippen molar-refractivity contribution in [3.8, 4) is 5.88 Å². The van der Waals surface area contributed by atoms with Gasteiger partial charge in [0.2, 0.25) is 11.8 Å². The maximum Gasteiger partial charge on any atom is 0.223 e. The molecular formula is C11H17N3O. The second-order valence-corrected chi connectivity index (χ2v) is 4.15. The predicted molar refractivity (Wildman–Crippen MR) is 58.6 cm³/mol. The van der Waals surface area contributed by atoms with E-state index in [1.165, 1.54) is 19.3 Å². The minimum absolute atomic E-state index is 0.277. The lowest BCUT2D eigenvalue weighted by atomic mass is 9.83. The summed E-state index contributed by atoms with van der Waals surface area (Å²) >= 11 is 0. The number of hydrogen-bond donors (Lipinski definition) is 1. The molecule has 2 rings (SSSR count). The molecule has 1 aliphatic carbocycles. The quantitative estimate of drug-likeness (QED) is 0.819. The van der Waals surface area contributed by atoms with Crippen LogP contribution in [-0.4, -0.2) is 16.6 Å². The molecule has 15 heavy (non-hydrogen) atoms. The summed E-state index contributed by atoms with van der Waals surface area (Å²) in [5.41, 5.74) is 6.44. The molecule has 1 aromatic heterocycles. The highest BCUT2D eigenvalue weighted by molar-refractivity contribution is 5.28. The number of aromatic nitrogens is 2. The normalized spacial score (nSPS) is 16.1. The van der Waals surface area contributed by atoms with Crippen LogP contribution in [-0.2, 0) is 0 Å². The van der Waals surface area contributed by atoms with Crippen LogP contribution in [0.25, 0.3) is 0 Å². The zero-order valence-corrected chi connectivity index (χ0v) is 9.07. The van der Waals surface area contributed by atoms with Crippen LogP contribution < -0.4 is 10.5 Å². The van der Waals surface area contributed by atoms with Crippen LogP contribution in [0, 0.1) is 12.8 Å². The van der Waals surface area contributed by atoms with Crippen molar-refractivity contribution in [3.05, 3.63) is 11.8 Å². The molecule has 0 aliphatic heterocycles. The summed E-state index contributed by atoms with van der Waals surface area (Å²) in [7, 11) is 0. The van der Waals surface area contributed by atoms with Crippen molar-refractivity contribution in [2.45, 2.75) is 32.6 Å². The van der Waals surface area contributed by atoms with Gasteiger partial charge in [0.1, 0.15) is 0 Å². The molecule has 0 radical (unpaired) electrons. The molecule has 0 amide bonds. The Morgan fingerprint density at radius 3 is 3.00 bits per heavy atom. The predicted octanol–water partition coefficient (Wildman–Crippen LogP) is 1.94. The molecule has 2 N–H and O–H groups in total. The first kappa shape index (κ1) is 10.2. The minimum atomic E-state index is 0.277. The van der Waals surface area contributed by atoms with Crippen LogP contribution in [0.5, 0.6) is 5.88 Å². The average Bonchev–Trinajstić information content (AvgIpc) is 2.15. The van der Waals surface area contributed by atoms with Crippen molar-refractivity contribution >= 4 is 5.95 Å². The fourth-order valence-electron chi connectivity index (χ4n) is 1.69. The zero-order valence-electron chi connectivity index (χ0n) is 9.07. The van der Waals surface area contributed by atoms with Crippen LogP contribution in [0.15, 0.2) is 6.20 Å². The van der Waals surface area contributed by atoms with Crippen molar-refractivity contribution in [1.82, 2.24) is 9.97 Å². The van der Waals surface area contributed by atoms with Gasteiger partial charge in [-0.15, -0.1) is 0 Å². The molecule has 1 aliphatic rings. The second kappa shape index (κ2) is 4.47. The Hall–Kier alpha value is -1.32. The molecule has 1 aromatic rings. The number of rotatable bonds is 4. The lowest BCUT2D eigenvalue weighted by Crippen LogP contribution is -2.15. The molecule has 4 nitrogen and oxygen atoms in total. The summed E-state index contributed by atoms with van der Waals surface area (Å²) in [5, 5.41) is 0. The standard InChI is InChI=1S/C11H17N3O/c1-8-7-13-11(12)14-10(8)15-6-5-9-3-2-4-9/h7,9H,2-6H2,1H3,(H2,12,13,14). The summed E-state index contributed by atoms with van der Waals surface area (Å²) < 4.78 is 5.59. The summed E-state index contributed by atoms with van der Waals surface area (Å²) in [6.45, 7) is 2.67. The van der Waals surface area contributed by atoms with Gasteiger partial charge in [-0.3, -0.25) is 0 Å². The summed E-state index contributed by atoms with van der Waals surface area (Å²) in [5.74, 6) is 1.77. The molecule has 4 heteroatoms. The number of nitrogens with two attached hydrogens (primary N) is 1. The van der Waals surface area contributed by atoms with E-state index in [1.807, 2.05) is 6.92 Å².